The van der Waals surface area contributed by atoms with E-state index in [4.69, 9.17) is 14.9 Å². The van der Waals surface area contributed by atoms with E-state index in [-0.39, 0.29) is 0 Å². The highest BCUT2D eigenvalue weighted by Gasteiger charge is 2.26. The molecule has 1 fully saturated rings. The zero-order valence-electron chi connectivity index (χ0n) is 9.74. The Morgan fingerprint density at radius 1 is 1.44 bits per heavy atom. The Labute approximate surface area is 96.1 Å². The van der Waals surface area contributed by atoms with Crippen LogP contribution in [0.5, 0.6) is 0 Å². The van der Waals surface area contributed by atoms with E-state index in [1.54, 1.807) is 7.11 Å². The zero-order chi connectivity index (χ0) is 11.4. The topological polar surface area (TPSA) is 60.4 Å². The van der Waals surface area contributed by atoms with Crippen molar-refractivity contribution in [2.45, 2.75) is 44.5 Å². The number of ether oxygens (including phenoxy) is 1. The van der Waals surface area contributed by atoms with Crippen LogP contribution in [0.15, 0.2) is 16.5 Å². The van der Waals surface area contributed by atoms with Crippen molar-refractivity contribution in [1.29, 1.82) is 0 Å². The highest BCUT2D eigenvalue weighted by molar-refractivity contribution is 5.07. The fourth-order valence-electron chi connectivity index (χ4n) is 2.30. The lowest BCUT2D eigenvalue weighted by atomic mass is 10.2. The molecule has 1 aliphatic carbocycles. The molecule has 0 amide bonds. The summed E-state index contributed by atoms with van der Waals surface area (Å²) in [5, 5.41) is 3.48. The normalized spacial score (nSPS) is 25.1. The monoisotopic (exact) mass is 224 g/mol. The van der Waals surface area contributed by atoms with Gasteiger partial charge in [0.15, 0.2) is 0 Å². The third-order valence-electron chi connectivity index (χ3n) is 3.21. The minimum absolute atomic E-state index is 0.351. The summed E-state index contributed by atoms with van der Waals surface area (Å²) in [6.45, 7) is 1.22. The number of hydrogen-bond donors (Lipinski definition) is 2. The van der Waals surface area contributed by atoms with Crippen LogP contribution >= 0.6 is 0 Å². The van der Waals surface area contributed by atoms with E-state index in [0.717, 1.165) is 24.5 Å². The van der Waals surface area contributed by atoms with Crippen molar-refractivity contribution in [3.05, 3.63) is 23.7 Å². The molecule has 1 aromatic rings. The average molecular weight is 224 g/mol. The van der Waals surface area contributed by atoms with Crippen LogP contribution in [0.1, 0.15) is 30.8 Å². The number of methoxy groups -OCH3 is 1. The summed E-state index contributed by atoms with van der Waals surface area (Å²) in [5.41, 5.74) is 5.49. The van der Waals surface area contributed by atoms with Gasteiger partial charge >= 0.3 is 0 Å². The lowest BCUT2D eigenvalue weighted by molar-refractivity contribution is 0.0841. The number of nitrogens with one attached hydrogen (secondary N) is 1. The van der Waals surface area contributed by atoms with Gasteiger partial charge < -0.3 is 20.2 Å². The Kier molecular flexibility index (Phi) is 3.98. The summed E-state index contributed by atoms with van der Waals surface area (Å²) in [7, 11) is 1.78. The summed E-state index contributed by atoms with van der Waals surface area (Å²) in [6, 6.07) is 4.36. The first-order valence-electron chi connectivity index (χ1n) is 5.87. The van der Waals surface area contributed by atoms with E-state index in [2.05, 4.69) is 5.32 Å². The van der Waals surface area contributed by atoms with Gasteiger partial charge in [0, 0.05) is 13.2 Å². The molecule has 90 valence electrons. The molecule has 16 heavy (non-hydrogen) atoms. The Morgan fingerprint density at radius 3 is 2.94 bits per heavy atom. The minimum atomic E-state index is 0.351. The molecule has 0 bridgehead atoms. The van der Waals surface area contributed by atoms with Crippen LogP contribution in [0.3, 0.4) is 0 Å². The van der Waals surface area contributed by atoms with Gasteiger partial charge in [-0.15, -0.1) is 0 Å². The van der Waals surface area contributed by atoms with E-state index in [1.807, 2.05) is 12.1 Å². The fourth-order valence-corrected chi connectivity index (χ4v) is 2.30. The average Bonchev–Trinajstić information content (AvgIpc) is 2.94. The predicted octanol–water partition coefficient (Wildman–Crippen LogP) is 1.40. The van der Waals surface area contributed by atoms with E-state index in [9.17, 15) is 0 Å². The van der Waals surface area contributed by atoms with Crippen LogP contribution in [0, 0.1) is 0 Å². The molecule has 0 aliphatic heterocycles. The SMILES string of the molecule is COC1CCCC1NCc1ccc(CN)o1. The molecule has 0 radical (unpaired) electrons. The maximum absolute atomic E-state index is 5.53. The molecule has 1 heterocycles. The molecule has 0 spiro atoms. The highest BCUT2D eigenvalue weighted by Crippen LogP contribution is 2.22. The number of rotatable bonds is 5. The zero-order valence-corrected chi connectivity index (χ0v) is 9.74. The first-order chi connectivity index (χ1) is 7.83. The molecule has 1 saturated carbocycles. The van der Waals surface area contributed by atoms with Crippen LogP contribution in [0.4, 0.5) is 0 Å². The molecule has 4 heteroatoms. The van der Waals surface area contributed by atoms with Gasteiger partial charge in [-0.3, -0.25) is 0 Å². The van der Waals surface area contributed by atoms with Gasteiger partial charge in [-0.25, -0.2) is 0 Å². The van der Waals surface area contributed by atoms with E-state index in [0.29, 0.717) is 18.7 Å². The van der Waals surface area contributed by atoms with Gasteiger partial charge in [0.05, 0.1) is 19.2 Å². The van der Waals surface area contributed by atoms with Crippen molar-refractivity contribution in [2.24, 2.45) is 5.73 Å². The third-order valence-corrected chi connectivity index (χ3v) is 3.21. The fraction of sp³-hybridized carbons (Fsp3) is 0.667. The molecule has 3 N–H and O–H groups in total. The maximum Gasteiger partial charge on any atom is 0.118 e. The summed E-state index contributed by atoms with van der Waals surface area (Å²) in [4.78, 5) is 0. The van der Waals surface area contributed by atoms with E-state index < -0.39 is 0 Å². The Bertz CT molecular complexity index is 325. The Hall–Kier alpha value is -0.840. The minimum Gasteiger partial charge on any atom is -0.463 e. The van der Waals surface area contributed by atoms with Crippen LogP contribution in [-0.2, 0) is 17.8 Å². The van der Waals surface area contributed by atoms with E-state index in [1.165, 1.54) is 12.8 Å². The second-order valence-electron chi connectivity index (χ2n) is 4.26. The van der Waals surface area contributed by atoms with Crippen molar-refractivity contribution in [3.63, 3.8) is 0 Å². The lowest BCUT2D eigenvalue weighted by Crippen LogP contribution is -2.36. The van der Waals surface area contributed by atoms with Crippen LogP contribution < -0.4 is 11.1 Å². The first-order valence-corrected chi connectivity index (χ1v) is 5.87. The Morgan fingerprint density at radius 2 is 2.25 bits per heavy atom. The summed E-state index contributed by atoms with van der Waals surface area (Å²) in [6.07, 6.45) is 3.93. The summed E-state index contributed by atoms with van der Waals surface area (Å²) in [5.74, 6) is 1.79. The molecular weight excluding hydrogens is 204 g/mol. The quantitative estimate of drug-likeness (QED) is 0.793. The summed E-state index contributed by atoms with van der Waals surface area (Å²) >= 11 is 0. The van der Waals surface area contributed by atoms with Crippen molar-refractivity contribution < 1.29 is 9.15 Å². The molecule has 0 saturated heterocycles. The highest BCUT2D eigenvalue weighted by atomic mass is 16.5. The van der Waals surface area contributed by atoms with Gasteiger partial charge in [-0.2, -0.15) is 0 Å². The van der Waals surface area contributed by atoms with Crippen LogP contribution in [-0.4, -0.2) is 19.3 Å². The van der Waals surface area contributed by atoms with Gasteiger partial charge in [0.2, 0.25) is 0 Å². The number of hydrogen-bond acceptors (Lipinski definition) is 4. The Balaban J connectivity index is 1.82. The van der Waals surface area contributed by atoms with Crippen molar-refractivity contribution in [1.82, 2.24) is 5.32 Å². The molecule has 4 nitrogen and oxygen atoms in total. The molecule has 2 unspecified atom stereocenters. The third kappa shape index (κ3) is 2.64. The second-order valence-corrected chi connectivity index (χ2v) is 4.26. The number of furan rings is 1. The first kappa shape index (κ1) is 11.6. The molecule has 1 aliphatic rings. The standard InChI is InChI=1S/C12H20N2O2/c1-15-12-4-2-3-11(12)14-8-10-6-5-9(7-13)16-10/h5-6,11-12,14H,2-4,7-8,13H2,1H3. The van der Waals surface area contributed by atoms with Crippen LogP contribution in [0.25, 0.3) is 0 Å². The van der Waals surface area contributed by atoms with Crippen molar-refractivity contribution in [2.75, 3.05) is 7.11 Å². The van der Waals surface area contributed by atoms with Crippen molar-refractivity contribution in [3.8, 4) is 0 Å². The molecule has 2 atom stereocenters. The molecule has 1 aromatic heterocycles. The van der Waals surface area contributed by atoms with E-state index >= 15 is 0 Å². The lowest BCUT2D eigenvalue weighted by Gasteiger charge is -2.18. The maximum atomic E-state index is 5.53. The van der Waals surface area contributed by atoms with Gasteiger partial charge in [0.1, 0.15) is 11.5 Å². The number of nitrogens with two attached hydrogens (primary N) is 1. The second kappa shape index (κ2) is 5.48. The molecular formula is C12H20N2O2. The van der Waals surface area contributed by atoms with Gasteiger partial charge in [-0.05, 0) is 31.4 Å². The summed E-state index contributed by atoms with van der Waals surface area (Å²) < 4.78 is 11.0. The molecule has 0 aromatic carbocycles. The van der Waals surface area contributed by atoms with Gasteiger partial charge in [-0.1, -0.05) is 0 Å². The van der Waals surface area contributed by atoms with Crippen molar-refractivity contribution >= 4 is 0 Å². The predicted molar refractivity (Wildman–Crippen MR) is 61.9 cm³/mol. The van der Waals surface area contributed by atoms with Gasteiger partial charge in [0.25, 0.3) is 0 Å². The van der Waals surface area contributed by atoms with Crippen LogP contribution in [0.2, 0.25) is 0 Å². The smallest absolute Gasteiger partial charge is 0.118 e. The molecule has 2 rings (SSSR count). The largest absolute Gasteiger partial charge is 0.463 e.